The van der Waals surface area contributed by atoms with Gasteiger partial charge >= 0.3 is 0 Å². The van der Waals surface area contributed by atoms with Crippen LogP contribution in [-0.4, -0.2) is 24.2 Å². The molecule has 7 heteroatoms. The van der Waals surface area contributed by atoms with Gasteiger partial charge < -0.3 is 20.1 Å². The van der Waals surface area contributed by atoms with Crippen molar-refractivity contribution in [2.75, 3.05) is 24.4 Å². The first kappa shape index (κ1) is 22.9. The number of methoxy groups -OCH3 is 1. The number of para-hydroxylation sites is 3. The lowest BCUT2D eigenvalue weighted by Crippen LogP contribution is -2.30. The Labute approximate surface area is 197 Å². The van der Waals surface area contributed by atoms with E-state index in [4.69, 9.17) is 9.47 Å². The summed E-state index contributed by atoms with van der Waals surface area (Å²) in [7, 11) is 1.57. The van der Waals surface area contributed by atoms with Crippen LogP contribution in [0.2, 0.25) is 0 Å². The van der Waals surface area contributed by atoms with E-state index < -0.39 is 0 Å². The van der Waals surface area contributed by atoms with Crippen molar-refractivity contribution in [2.45, 2.75) is 20.0 Å². The van der Waals surface area contributed by atoms with E-state index in [0.29, 0.717) is 41.4 Å². The molecule has 4 rings (SSSR count). The fraction of sp³-hybridized carbons (Fsp3) is 0.185. The van der Waals surface area contributed by atoms with Crippen LogP contribution in [0.15, 0.2) is 83.7 Å². The molecule has 0 radical (unpaired) electrons. The summed E-state index contributed by atoms with van der Waals surface area (Å²) in [6.45, 7) is 2.54. The van der Waals surface area contributed by atoms with Crippen molar-refractivity contribution in [3.05, 3.63) is 94.8 Å². The van der Waals surface area contributed by atoms with Crippen molar-refractivity contribution in [2.24, 2.45) is 0 Å². The van der Waals surface area contributed by atoms with E-state index in [0.717, 1.165) is 11.1 Å². The fourth-order valence-corrected chi connectivity index (χ4v) is 3.76. The van der Waals surface area contributed by atoms with Crippen LogP contribution in [0, 0.1) is 0 Å². The molecule has 0 atom stereocenters. The summed E-state index contributed by atoms with van der Waals surface area (Å²) in [5.74, 6) is 0.863. The highest BCUT2D eigenvalue weighted by molar-refractivity contribution is 5.93. The molecular weight excluding hydrogens is 430 g/mol. The normalized spacial score (nSPS) is 10.6. The quantitative estimate of drug-likeness (QED) is 0.382. The van der Waals surface area contributed by atoms with Gasteiger partial charge in [0.2, 0.25) is 5.91 Å². The van der Waals surface area contributed by atoms with Gasteiger partial charge in [-0.2, -0.15) is 0 Å². The predicted octanol–water partition coefficient (Wildman–Crippen LogP) is 4.66. The molecule has 1 amide bonds. The first-order valence-electron chi connectivity index (χ1n) is 11.1. The zero-order valence-electron chi connectivity index (χ0n) is 19.2. The number of amides is 1. The maximum Gasteiger partial charge on any atom is 0.256 e. The second-order valence-electron chi connectivity index (χ2n) is 7.68. The first-order valence-corrected chi connectivity index (χ1v) is 11.1. The summed E-state index contributed by atoms with van der Waals surface area (Å²) in [4.78, 5) is 26.4. The van der Waals surface area contributed by atoms with Gasteiger partial charge in [-0.15, -0.1) is 0 Å². The lowest BCUT2D eigenvalue weighted by atomic mass is 10.1. The molecule has 4 aromatic rings. The zero-order valence-corrected chi connectivity index (χ0v) is 19.2. The number of carbonyl (C=O) groups is 1. The highest BCUT2D eigenvalue weighted by Crippen LogP contribution is 2.24. The number of aromatic nitrogens is 1. The lowest BCUT2D eigenvalue weighted by Gasteiger charge is -2.16. The number of fused-ring (bicyclic) bond motifs is 1. The summed E-state index contributed by atoms with van der Waals surface area (Å²) in [6, 6.07) is 24.2. The Balaban J connectivity index is 1.67. The van der Waals surface area contributed by atoms with E-state index in [-0.39, 0.29) is 18.0 Å². The number of hydrogen-bond donors (Lipinski definition) is 2. The van der Waals surface area contributed by atoms with Gasteiger partial charge in [0, 0.05) is 23.9 Å². The molecule has 174 valence electrons. The smallest absolute Gasteiger partial charge is 0.256 e. The monoisotopic (exact) mass is 457 g/mol. The third-order valence-electron chi connectivity index (χ3n) is 5.40. The Bertz CT molecular complexity index is 1350. The van der Waals surface area contributed by atoms with Crippen LogP contribution < -0.4 is 25.7 Å². The van der Waals surface area contributed by atoms with Gasteiger partial charge in [0.1, 0.15) is 18.0 Å². The zero-order chi connectivity index (χ0) is 23.9. The molecule has 7 nitrogen and oxygen atoms in total. The predicted molar refractivity (Wildman–Crippen MR) is 135 cm³/mol. The Hall–Kier alpha value is -4.26. The van der Waals surface area contributed by atoms with Crippen LogP contribution in [0.3, 0.4) is 0 Å². The standard InChI is InChI=1S/C27H27N3O4/c1-3-34-25-12-8-7-11-23(25)29-26(31)18-30-24-16-22(33-2)14-13-19(24)15-20(27(30)32)17-28-21-9-5-4-6-10-21/h4-16,28H,3,17-18H2,1-2H3,(H,29,31). The number of nitrogens with zero attached hydrogens (tertiary/aromatic N) is 1. The molecule has 0 aliphatic heterocycles. The van der Waals surface area contributed by atoms with Gasteiger partial charge in [-0.05, 0) is 54.8 Å². The highest BCUT2D eigenvalue weighted by atomic mass is 16.5. The minimum Gasteiger partial charge on any atom is -0.497 e. The number of hydrogen-bond acceptors (Lipinski definition) is 5. The molecule has 34 heavy (non-hydrogen) atoms. The molecule has 0 aliphatic carbocycles. The number of rotatable bonds is 9. The minimum atomic E-state index is -0.327. The Morgan fingerprint density at radius 1 is 0.971 bits per heavy atom. The largest absolute Gasteiger partial charge is 0.497 e. The Kier molecular flexibility index (Phi) is 7.13. The Morgan fingerprint density at radius 2 is 1.74 bits per heavy atom. The third-order valence-corrected chi connectivity index (χ3v) is 5.40. The maximum absolute atomic E-state index is 13.4. The van der Waals surface area contributed by atoms with E-state index in [9.17, 15) is 9.59 Å². The second kappa shape index (κ2) is 10.6. The van der Waals surface area contributed by atoms with Gasteiger partial charge in [-0.25, -0.2) is 0 Å². The molecule has 3 aromatic carbocycles. The molecule has 0 saturated carbocycles. The number of benzene rings is 3. The van der Waals surface area contributed by atoms with Crippen LogP contribution in [0.25, 0.3) is 10.9 Å². The van der Waals surface area contributed by atoms with Gasteiger partial charge in [0.15, 0.2) is 0 Å². The summed E-state index contributed by atoms with van der Waals surface area (Å²) < 4.78 is 12.4. The van der Waals surface area contributed by atoms with Crippen molar-refractivity contribution in [3.63, 3.8) is 0 Å². The van der Waals surface area contributed by atoms with Crippen molar-refractivity contribution < 1.29 is 14.3 Å². The summed E-state index contributed by atoms with van der Waals surface area (Å²) in [6.07, 6.45) is 0. The second-order valence-corrected chi connectivity index (χ2v) is 7.68. The fourth-order valence-electron chi connectivity index (χ4n) is 3.76. The Morgan fingerprint density at radius 3 is 2.50 bits per heavy atom. The average Bonchev–Trinajstić information content (AvgIpc) is 2.86. The van der Waals surface area contributed by atoms with Crippen LogP contribution >= 0.6 is 0 Å². The molecule has 0 bridgehead atoms. The van der Waals surface area contributed by atoms with Crippen LogP contribution in [-0.2, 0) is 17.9 Å². The summed E-state index contributed by atoms with van der Waals surface area (Å²) >= 11 is 0. The van der Waals surface area contributed by atoms with Crippen molar-refractivity contribution >= 4 is 28.2 Å². The average molecular weight is 458 g/mol. The van der Waals surface area contributed by atoms with E-state index in [2.05, 4.69) is 10.6 Å². The van der Waals surface area contributed by atoms with E-state index in [1.807, 2.05) is 67.6 Å². The molecule has 0 spiro atoms. The van der Waals surface area contributed by atoms with E-state index in [1.54, 1.807) is 25.3 Å². The van der Waals surface area contributed by atoms with Gasteiger partial charge in [-0.1, -0.05) is 30.3 Å². The molecule has 2 N–H and O–H groups in total. The van der Waals surface area contributed by atoms with E-state index >= 15 is 0 Å². The molecule has 0 saturated heterocycles. The molecule has 1 aromatic heterocycles. The molecule has 0 aliphatic rings. The van der Waals surface area contributed by atoms with Crippen molar-refractivity contribution in [1.29, 1.82) is 0 Å². The van der Waals surface area contributed by atoms with E-state index in [1.165, 1.54) is 4.57 Å². The van der Waals surface area contributed by atoms with Crippen molar-refractivity contribution in [3.8, 4) is 11.5 Å². The van der Waals surface area contributed by atoms with Gasteiger partial charge in [0.05, 0.1) is 24.9 Å². The highest BCUT2D eigenvalue weighted by Gasteiger charge is 2.15. The summed E-state index contributed by atoms with van der Waals surface area (Å²) in [5, 5.41) is 6.99. The summed E-state index contributed by atoms with van der Waals surface area (Å²) in [5.41, 5.74) is 2.42. The number of nitrogens with one attached hydrogen (secondary N) is 2. The van der Waals surface area contributed by atoms with Gasteiger partial charge in [0.25, 0.3) is 5.56 Å². The molecular formula is C27H27N3O4. The van der Waals surface area contributed by atoms with Crippen LogP contribution in [0.5, 0.6) is 11.5 Å². The maximum atomic E-state index is 13.4. The topological polar surface area (TPSA) is 81.6 Å². The number of ether oxygens (including phenoxy) is 2. The van der Waals surface area contributed by atoms with Gasteiger partial charge in [-0.3, -0.25) is 14.2 Å². The van der Waals surface area contributed by atoms with Crippen LogP contribution in [0.1, 0.15) is 12.5 Å². The molecule has 0 fully saturated rings. The molecule has 1 heterocycles. The number of anilines is 2. The number of carbonyl (C=O) groups excluding carboxylic acids is 1. The first-order chi connectivity index (χ1) is 16.6. The SMILES string of the molecule is CCOc1ccccc1NC(=O)Cn1c(=O)c(CNc2ccccc2)cc2ccc(OC)cc21. The minimum absolute atomic E-state index is 0.151. The van der Waals surface area contributed by atoms with Crippen LogP contribution in [0.4, 0.5) is 11.4 Å². The molecule has 0 unspecified atom stereocenters. The number of pyridine rings is 1. The third kappa shape index (κ3) is 5.20. The van der Waals surface area contributed by atoms with Crippen molar-refractivity contribution in [1.82, 2.24) is 4.57 Å². The lowest BCUT2D eigenvalue weighted by molar-refractivity contribution is -0.116.